The topological polar surface area (TPSA) is 114 Å². The molecular formula is C14H18N4O4. The van der Waals surface area contributed by atoms with Gasteiger partial charge in [0.1, 0.15) is 0 Å². The predicted octanol–water partition coefficient (Wildman–Crippen LogP) is 1.90. The Kier molecular flexibility index (Phi) is 5.56. The normalized spacial score (nSPS) is 12.3. The zero-order valence-corrected chi connectivity index (χ0v) is 12.2. The van der Waals surface area contributed by atoms with E-state index in [-0.39, 0.29) is 11.8 Å². The van der Waals surface area contributed by atoms with Crippen molar-refractivity contribution in [3.63, 3.8) is 0 Å². The van der Waals surface area contributed by atoms with Crippen molar-refractivity contribution < 1.29 is 14.6 Å². The first-order chi connectivity index (χ1) is 10.6. The van der Waals surface area contributed by atoms with Gasteiger partial charge in [0.25, 0.3) is 5.69 Å². The first-order valence-electron chi connectivity index (χ1n) is 7.06. The minimum absolute atomic E-state index is 0.0130. The smallest absolute Gasteiger partial charge is 0.269 e. The van der Waals surface area contributed by atoms with Crippen LogP contribution >= 0.6 is 0 Å². The van der Waals surface area contributed by atoms with E-state index in [9.17, 15) is 15.2 Å². The first kappa shape index (κ1) is 16.1. The average molecular weight is 306 g/mol. The second-order valence-corrected chi connectivity index (χ2v) is 4.89. The summed E-state index contributed by atoms with van der Waals surface area (Å²) in [5.41, 5.74) is 0.658. The Hall–Kier alpha value is -2.32. The largest absolute Gasteiger partial charge is 0.392 e. The molecule has 2 N–H and O–H groups in total. The van der Waals surface area contributed by atoms with Crippen molar-refractivity contribution in [2.75, 3.05) is 6.54 Å². The van der Waals surface area contributed by atoms with Gasteiger partial charge in [0, 0.05) is 24.2 Å². The highest BCUT2D eigenvalue weighted by atomic mass is 16.6. The first-order valence-corrected chi connectivity index (χ1v) is 7.06. The molecule has 0 aliphatic heterocycles. The summed E-state index contributed by atoms with van der Waals surface area (Å²) in [4.78, 5) is 14.3. The highest BCUT2D eigenvalue weighted by molar-refractivity contribution is 5.56. The molecule has 0 saturated carbocycles. The molecule has 0 aliphatic carbocycles. The quantitative estimate of drug-likeness (QED) is 0.565. The van der Waals surface area contributed by atoms with Gasteiger partial charge in [-0.05, 0) is 18.6 Å². The average Bonchev–Trinajstić information content (AvgIpc) is 2.96. The van der Waals surface area contributed by atoms with E-state index < -0.39 is 4.92 Å². The lowest BCUT2D eigenvalue weighted by Crippen LogP contribution is -2.26. The number of benzene rings is 1. The number of nitrogens with zero attached hydrogens (tertiary/aromatic N) is 3. The maximum absolute atomic E-state index is 10.6. The summed E-state index contributed by atoms with van der Waals surface area (Å²) in [6.07, 6.45) is 1.28. The number of hydrogen-bond acceptors (Lipinski definition) is 7. The number of non-ortho nitro benzene ring substituents is 1. The van der Waals surface area contributed by atoms with Crippen LogP contribution in [0.15, 0.2) is 28.8 Å². The molecule has 0 bridgehead atoms. The van der Waals surface area contributed by atoms with Crippen LogP contribution in [0.25, 0.3) is 11.4 Å². The number of hydrogen-bond donors (Lipinski definition) is 2. The third-order valence-corrected chi connectivity index (χ3v) is 3.08. The summed E-state index contributed by atoms with van der Waals surface area (Å²) in [7, 11) is 0. The molecular weight excluding hydrogens is 288 g/mol. The van der Waals surface area contributed by atoms with Gasteiger partial charge in [0.2, 0.25) is 11.7 Å². The maximum atomic E-state index is 10.6. The Balaban J connectivity index is 1.92. The van der Waals surface area contributed by atoms with Gasteiger partial charge in [-0.3, -0.25) is 10.1 Å². The Morgan fingerprint density at radius 1 is 1.41 bits per heavy atom. The molecule has 2 rings (SSSR count). The monoisotopic (exact) mass is 306 g/mol. The highest BCUT2D eigenvalue weighted by Gasteiger charge is 2.11. The van der Waals surface area contributed by atoms with Gasteiger partial charge < -0.3 is 14.9 Å². The maximum Gasteiger partial charge on any atom is 0.269 e. The van der Waals surface area contributed by atoms with E-state index in [1.165, 1.54) is 12.1 Å². The molecule has 1 aromatic carbocycles. The molecule has 8 nitrogen and oxygen atoms in total. The van der Waals surface area contributed by atoms with Gasteiger partial charge in [0.15, 0.2) is 0 Å². The summed E-state index contributed by atoms with van der Waals surface area (Å²) in [5.74, 6) is 0.776. The lowest BCUT2D eigenvalue weighted by molar-refractivity contribution is -0.384. The Labute approximate surface area is 127 Å². The van der Waals surface area contributed by atoms with Crippen LogP contribution in [0.5, 0.6) is 0 Å². The van der Waals surface area contributed by atoms with Crippen LogP contribution in [0.4, 0.5) is 5.69 Å². The number of nitro groups is 1. The van der Waals surface area contributed by atoms with Gasteiger partial charge >= 0.3 is 0 Å². The van der Waals surface area contributed by atoms with E-state index in [4.69, 9.17) is 4.52 Å². The number of nitro benzene ring substituents is 1. The molecule has 1 aromatic heterocycles. The Morgan fingerprint density at radius 2 is 2.14 bits per heavy atom. The Morgan fingerprint density at radius 3 is 2.77 bits per heavy atom. The zero-order valence-electron chi connectivity index (χ0n) is 12.2. The molecule has 0 saturated heterocycles. The van der Waals surface area contributed by atoms with Crippen LogP contribution in [0.3, 0.4) is 0 Å². The molecule has 0 radical (unpaired) electrons. The SMILES string of the molecule is CCC[C@H](O)CNCc1nc(-c2ccc([N+](=O)[O-])cc2)no1. The summed E-state index contributed by atoms with van der Waals surface area (Å²) in [6, 6.07) is 5.94. The van der Waals surface area contributed by atoms with E-state index >= 15 is 0 Å². The van der Waals surface area contributed by atoms with Gasteiger partial charge in [-0.25, -0.2) is 0 Å². The van der Waals surface area contributed by atoms with Crippen molar-refractivity contribution in [3.05, 3.63) is 40.3 Å². The van der Waals surface area contributed by atoms with Crippen LogP contribution in [-0.2, 0) is 6.54 Å². The van der Waals surface area contributed by atoms with Crippen molar-refractivity contribution in [1.82, 2.24) is 15.5 Å². The summed E-state index contributed by atoms with van der Waals surface area (Å²) in [5, 5.41) is 27.1. The van der Waals surface area contributed by atoms with Crippen molar-refractivity contribution in [2.45, 2.75) is 32.4 Å². The molecule has 0 unspecified atom stereocenters. The fraction of sp³-hybridized carbons (Fsp3) is 0.429. The fourth-order valence-corrected chi connectivity index (χ4v) is 1.96. The fourth-order valence-electron chi connectivity index (χ4n) is 1.96. The Bertz CT molecular complexity index is 612. The number of aliphatic hydroxyl groups is 1. The van der Waals surface area contributed by atoms with Crippen molar-refractivity contribution in [1.29, 1.82) is 0 Å². The van der Waals surface area contributed by atoms with Crippen LogP contribution in [0.2, 0.25) is 0 Å². The summed E-state index contributed by atoms with van der Waals surface area (Å²) in [6.45, 7) is 2.83. The van der Waals surface area contributed by atoms with E-state index in [0.717, 1.165) is 12.8 Å². The molecule has 0 spiro atoms. The van der Waals surface area contributed by atoms with Crippen LogP contribution in [-0.4, -0.2) is 32.8 Å². The number of aliphatic hydroxyl groups excluding tert-OH is 1. The third-order valence-electron chi connectivity index (χ3n) is 3.08. The lowest BCUT2D eigenvalue weighted by atomic mass is 10.2. The van der Waals surface area contributed by atoms with Crippen LogP contribution in [0, 0.1) is 10.1 Å². The number of nitrogens with one attached hydrogen (secondary N) is 1. The molecule has 2 aromatic rings. The summed E-state index contributed by atoms with van der Waals surface area (Å²) < 4.78 is 5.10. The van der Waals surface area contributed by atoms with Gasteiger partial charge in [0.05, 0.1) is 17.6 Å². The second-order valence-electron chi connectivity index (χ2n) is 4.89. The van der Waals surface area contributed by atoms with Crippen molar-refractivity contribution in [3.8, 4) is 11.4 Å². The van der Waals surface area contributed by atoms with Gasteiger partial charge in [-0.15, -0.1) is 0 Å². The number of aromatic nitrogens is 2. The molecule has 0 fully saturated rings. The predicted molar refractivity (Wildman–Crippen MR) is 79.0 cm³/mol. The molecule has 22 heavy (non-hydrogen) atoms. The minimum atomic E-state index is -0.461. The third kappa shape index (κ3) is 4.34. The van der Waals surface area contributed by atoms with E-state index in [2.05, 4.69) is 15.5 Å². The van der Waals surface area contributed by atoms with Crippen LogP contribution < -0.4 is 5.32 Å². The van der Waals surface area contributed by atoms with E-state index in [1.54, 1.807) is 12.1 Å². The molecule has 0 aliphatic rings. The molecule has 0 amide bonds. The standard InChI is InChI=1S/C14H18N4O4/c1-2-3-12(19)8-15-9-13-16-14(17-22-13)10-4-6-11(7-5-10)18(20)21/h4-7,12,15,19H,2-3,8-9H2,1H3/t12-/m0/s1. The van der Waals surface area contributed by atoms with Gasteiger partial charge in [-0.2, -0.15) is 4.98 Å². The van der Waals surface area contributed by atoms with Crippen molar-refractivity contribution >= 4 is 5.69 Å². The molecule has 118 valence electrons. The minimum Gasteiger partial charge on any atom is -0.392 e. The molecule has 8 heteroatoms. The van der Waals surface area contributed by atoms with Crippen molar-refractivity contribution in [2.24, 2.45) is 0 Å². The lowest BCUT2D eigenvalue weighted by Gasteiger charge is -2.08. The summed E-state index contributed by atoms with van der Waals surface area (Å²) >= 11 is 0. The number of rotatable bonds is 8. The second kappa shape index (κ2) is 7.62. The molecule has 1 heterocycles. The van der Waals surface area contributed by atoms with E-state index in [0.29, 0.717) is 30.4 Å². The molecule has 1 atom stereocenters. The highest BCUT2D eigenvalue weighted by Crippen LogP contribution is 2.19. The van der Waals surface area contributed by atoms with Gasteiger partial charge in [-0.1, -0.05) is 18.5 Å². The zero-order chi connectivity index (χ0) is 15.9. The van der Waals surface area contributed by atoms with E-state index in [1.807, 2.05) is 6.92 Å². The van der Waals surface area contributed by atoms with Crippen LogP contribution in [0.1, 0.15) is 25.7 Å².